The minimum atomic E-state index is -3.38. The van der Waals surface area contributed by atoms with Gasteiger partial charge >= 0.3 is 0 Å². The van der Waals surface area contributed by atoms with E-state index in [-0.39, 0.29) is 5.91 Å². The van der Waals surface area contributed by atoms with E-state index in [1.807, 2.05) is 31.2 Å². The average molecular weight is 350 g/mol. The van der Waals surface area contributed by atoms with Crippen molar-refractivity contribution >= 4 is 39.1 Å². The number of sulfonamides is 1. The summed E-state index contributed by atoms with van der Waals surface area (Å²) in [6.07, 6.45) is 1.07. The Labute approximate surface area is 140 Å². The van der Waals surface area contributed by atoms with Crippen LogP contribution < -0.4 is 10.0 Å². The van der Waals surface area contributed by atoms with Crippen molar-refractivity contribution in [2.45, 2.75) is 11.8 Å². The Hall–Kier alpha value is -1.99. The van der Waals surface area contributed by atoms with Gasteiger partial charge in [0, 0.05) is 16.1 Å². The molecule has 1 amide bonds. The minimum absolute atomic E-state index is 0.286. The van der Waals surface area contributed by atoms with Crippen LogP contribution in [0.2, 0.25) is 0 Å². The zero-order chi connectivity index (χ0) is 16.9. The van der Waals surface area contributed by atoms with E-state index in [1.54, 1.807) is 30.0 Å². The Balaban J connectivity index is 2.20. The summed E-state index contributed by atoms with van der Waals surface area (Å²) in [6.45, 7) is 2.05. The van der Waals surface area contributed by atoms with Crippen molar-refractivity contribution < 1.29 is 13.2 Å². The Morgan fingerprint density at radius 1 is 1.13 bits per heavy atom. The first-order chi connectivity index (χ1) is 10.9. The highest BCUT2D eigenvalue weighted by atomic mass is 32.2. The summed E-state index contributed by atoms with van der Waals surface area (Å²) >= 11 is 1.64. The lowest BCUT2D eigenvalue weighted by atomic mass is 10.2. The summed E-state index contributed by atoms with van der Waals surface area (Å²) in [5.41, 5.74) is 1.48. The number of hydrogen-bond acceptors (Lipinski definition) is 4. The average Bonchev–Trinajstić information content (AvgIpc) is 2.48. The molecule has 0 radical (unpaired) electrons. The van der Waals surface area contributed by atoms with Gasteiger partial charge in [-0.1, -0.05) is 25.1 Å². The third kappa shape index (κ3) is 5.30. The number of hydrogen-bond donors (Lipinski definition) is 2. The molecule has 0 saturated carbocycles. The van der Waals surface area contributed by atoms with Gasteiger partial charge in [0.2, 0.25) is 10.0 Å². The molecular formula is C16H18N2O3S2. The summed E-state index contributed by atoms with van der Waals surface area (Å²) in [4.78, 5) is 13.4. The van der Waals surface area contributed by atoms with Crippen LogP contribution in [0.1, 0.15) is 17.3 Å². The van der Waals surface area contributed by atoms with Crippen LogP contribution >= 0.6 is 11.8 Å². The third-order valence-corrected chi connectivity index (χ3v) is 4.43. The number of anilines is 2. The number of para-hydroxylation sites is 1. The minimum Gasteiger partial charge on any atom is -0.321 e. The van der Waals surface area contributed by atoms with Gasteiger partial charge in [-0.2, -0.15) is 0 Å². The van der Waals surface area contributed by atoms with E-state index in [2.05, 4.69) is 10.0 Å². The Morgan fingerprint density at radius 3 is 2.57 bits per heavy atom. The van der Waals surface area contributed by atoms with Crippen LogP contribution in [0.4, 0.5) is 11.4 Å². The topological polar surface area (TPSA) is 75.3 Å². The molecule has 5 nitrogen and oxygen atoms in total. The van der Waals surface area contributed by atoms with Crippen LogP contribution in [0, 0.1) is 0 Å². The fourth-order valence-electron chi connectivity index (χ4n) is 1.98. The monoisotopic (exact) mass is 350 g/mol. The van der Waals surface area contributed by atoms with Gasteiger partial charge in [0.15, 0.2) is 0 Å². The van der Waals surface area contributed by atoms with Crippen molar-refractivity contribution in [3.05, 3.63) is 54.1 Å². The van der Waals surface area contributed by atoms with Gasteiger partial charge in [0.05, 0.1) is 11.9 Å². The van der Waals surface area contributed by atoms with Crippen LogP contribution in [0.3, 0.4) is 0 Å². The van der Waals surface area contributed by atoms with Crippen LogP contribution in [0.15, 0.2) is 53.4 Å². The summed E-state index contributed by atoms with van der Waals surface area (Å²) < 4.78 is 24.9. The fourth-order valence-corrected chi connectivity index (χ4v) is 3.30. The molecule has 2 aromatic carbocycles. The maximum Gasteiger partial charge on any atom is 0.255 e. The van der Waals surface area contributed by atoms with Crippen molar-refractivity contribution in [3.8, 4) is 0 Å². The second-order valence-electron chi connectivity index (χ2n) is 4.84. The number of nitrogens with one attached hydrogen (secondary N) is 2. The standard InChI is InChI=1S/C16H18N2O3S2/c1-3-22-15-10-5-4-9-14(15)17-16(19)12-7-6-8-13(11-12)18-23(2,20)21/h4-11,18H,3H2,1-2H3,(H,17,19). The lowest BCUT2D eigenvalue weighted by Crippen LogP contribution is -2.14. The Bertz CT molecular complexity index is 804. The Morgan fingerprint density at radius 2 is 1.87 bits per heavy atom. The SMILES string of the molecule is CCSc1ccccc1NC(=O)c1cccc(NS(C)(=O)=O)c1. The highest BCUT2D eigenvalue weighted by Crippen LogP contribution is 2.27. The quantitative estimate of drug-likeness (QED) is 0.783. The van der Waals surface area contributed by atoms with Crippen LogP contribution in [0.25, 0.3) is 0 Å². The smallest absolute Gasteiger partial charge is 0.255 e. The predicted molar refractivity (Wildman–Crippen MR) is 95.7 cm³/mol. The second kappa shape index (κ2) is 7.52. The Kier molecular flexibility index (Phi) is 5.68. The number of carbonyl (C=O) groups is 1. The van der Waals surface area contributed by atoms with Gasteiger partial charge < -0.3 is 5.32 Å². The van der Waals surface area contributed by atoms with E-state index < -0.39 is 10.0 Å². The molecule has 0 aliphatic rings. The number of carbonyl (C=O) groups excluding carboxylic acids is 1. The molecule has 0 spiro atoms. The van der Waals surface area contributed by atoms with Crippen molar-refractivity contribution in [1.29, 1.82) is 0 Å². The molecule has 7 heteroatoms. The lowest BCUT2D eigenvalue weighted by molar-refractivity contribution is 0.102. The molecule has 0 atom stereocenters. The number of benzene rings is 2. The van der Waals surface area contributed by atoms with Gasteiger partial charge in [0.1, 0.15) is 0 Å². The fraction of sp³-hybridized carbons (Fsp3) is 0.188. The van der Waals surface area contributed by atoms with Crippen molar-refractivity contribution in [2.24, 2.45) is 0 Å². The third-order valence-electron chi connectivity index (χ3n) is 2.86. The summed E-state index contributed by atoms with van der Waals surface area (Å²) in [5.74, 6) is 0.618. The molecule has 122 valence electrons. The first-order valence-corrected chi connectivity index (χ1v) is 9.88. The zero-order valence-electron chi connectivity index (χ0n) is 12.9. The van der Waals surface area contributed by atoms with Gasteiger partial charge in [-0.15, -0.1) is 11.8 Å². The molecule has 0 heterocycles. The van der Waals surface area contributed by atoms with E-state index in [0.29, 0.717) is 11.3 Å². The number of thioether (sulfide) groups is 1. The molecule has 0 aliphatic heterocycles. The molecule has 23 heavy (non-hydrogen) atoms. The van der Waals surface area contributed by atoms with E-state index in [0.717, 1.165) is 22.6 Å². The largest absolute Gasteiger partial charge is 0.321 e. The van der Waals surface area contributed by atoms with Crippen LogP contribution in [0.5, 0.6) is 0 Å². The molecule has 0 saturated heterocycles. The second-order valence-corrected chi connectivity index (χ2v) is 7.89. The van der Waals surface area contributed by atoms with Gasteiger partial charge in [-0.25, -0.2) is 8.42 Å². The number of amides is 1. The van der Waals surface area contributed by atoms with E-state index in [9.17, 15) is 13.2 Å². The predicted octanol–water partition coefficient (Wildman–Crippen LogP) is 3.42. The van der Waals surface area contributed by atoms with Gasteiger partial charge in [-0.3, -0.25) is 9.52 Å². The first kappa shape index (κ1) is 17.4. The molecular weight excluding hydrogens is 332 g/mol. The lowest BCUT2D eigenvalue weighted by Gasteiger charge is -2.11. The molecule has 2 rings (SSSR count). The van der Waals surface area contributed by atoms with Crippen LogP contribution in [-0.2, 0) is 10.0 Å². The number of rotatable bonds is 6. The molecule has 0 aliphatic carbocycles. The first-order valence-electron chi connectivity index (χ1n) is 7.00. The van der Waals surface area contributed by atoms with Crippen molar-refractivity contribution in [1.82, 2.24) is 0 Å². The van der Waals surface area contributed by atoms with E-state index >= 15 is 0 Å². The summed E-state index contributed by atoms with van der Waals surface area (Å²) in [7, 11) is -3.38. The normalized spacial score (nSPS) is 11.0. The molecule has 0 bridgehead atoms. The summed E-state index contributed by atoms with van der Waals surface area (Å²) in [5, 5.41) is 2.86. The van der Waals surface area contributed by atoms with Crippen LogP contribution in [-0.4, -0.2) is 26.3 Å². The van der Waals surface area contributed by atoms with E-state index in [1.165, 1.54) is 6.07 Å². The van der Waals surface area contributed by atoms with Gasteiger partial charge in [0.25, 0.3) is 5.91 Å². The van der Waals surface area contributed by atoms with Crippen molar-refractivity contribution in [3.63, 3.8) is 0 Å². The molecule has 0 fully saturated rings. The highest BCUT2D eigenvalue weighted by Gasteiger charge is 2.10. The van der Waals surface area contributed by atoms with Crippen molar-refractivity contribution in [2.75, 3.05) is 22.0 Å². The maximum absolute atomic E-state index is 12.4. The summed E-state index contributed by atoms with van der Waals surface area (Å²) in [6, 6.07) is 13.9. The molecule has 2 N–H and O–H groups in total. The van der Waals surface area contributed by atoms with Gasteiger partial charge in [-0.05, 0) is 36.1 Å². The molecule has 2 aromatic rings. The highest BCUT2D eigenvalue weighted by molar-refractivity contribution is 7.99. The molecule has 0 unspecified atom stereocenters. The van der Waals surface area contributed by atoms with E-state index in [4.69, 9.17) is 0 Å². The molecule has 0 aromatic heterocycles. The zero-order valence-corrected chi connectivity index (χ0v) is 14.5. The maximum atomic E-state index is 12.4.